The average Bonchev–Trinajstić information content (AvgIpc) is 3.27. The number of nitrogens with two attached hydrogens (primary N) is 1. The Balaban J connectivity index is 2.11. The number of halogens is 1. The Morgan fingerprint density at radius 1 is 1.19 bits per heavy atom. The van der Waals surface area contributed by atoms with Crippen molar-refractivity contribution in [2.75, 3.05) is 13.7 Å². The standard InChI is InChI=1S/C19H20ClNO3S2/c1-12-3-9-15(10-4-12)26(22,23)17-16(13-5-7-14(20)8-6-13)19(17,11-24-2)18(21)25/h3-10,16-17H,11H2,1-2H3,(H2,21,25)/t16-,17+,19-/m1/s1. The Hall–Kier alpha value is -1.47. The lowest BCUT2D eigenvalue weighted by Crippen LogP contribution is -2.33. The molecule has 0 spiro atoms. The van der Waals surface area contributed by atoms with Gasteiger partial charge in [-0.3, -0.25) is 0 Å². The maximum Gasteiger partial charge on any atom is 0.182 e. The van der Waals surface area contributed by atoms with Crippen molar-refractivity contribution in [1.29, 1.82) is 0 Å². The largest absolute Gasteiger partial charge is 0.393 e. The van der Waals surface area contributed by atoms with Crippen LogP contribution in [0.25, 0.3) is 0 Å². The van der Waals surface area contributed by atoms with Crippen LogP contribution in [0.1, 0.15) is 17.0 Å². The summed E-state index contributed by atoms with van der Waals surface area (Å²) in [5, 5.41) is -0.184. The van der Waals surface area contributed by atoms with Gasteiger partial charge in [0, 0.05) is 18.1 Å². The lowest BCUT2D eigenvalue weighted by molar-refractivity contribution is 0.166. The van der Waals surface area contributed by atoms with Crippen LogP contribution in [0.2, 0.25) is 5.02 Å². The van der Waals surface area contributed by atoms with E-state index in [1.165, 1.54) is 7.11 Å². The number of hydrogen-bond acceptors (Lipinski definition) is 4. The van der Waals surface area contributed by atoms with Crippen LogP contribution in [0, 0.1) is 12.3 Å². The lowest BCUT2D eigenvalue weighted by Gasteiger charge is -2.16. The van der Waals surface area contributed by atoms with Gasteiger partial charge in [0.05, 0.1) is 27.2 Å². The zero-order chi connectivity index (χ0) is 19.1. The minimum absolute atomic E-state index is 0.144. The first-order valence-corrected chi connectivity index (χ1v) is 10.4. The van der Waals surface area contributed by atoms with Gasteiger partial charge in [-0.1, -0.05) is 53.6 Å². The first kappa shape index (κ1) is 19.3. The first-order valence-electron chi connectivity index (χ1n) is 8.10. The van der Waals surface area contributed by atoms with E-state index in [-0.39, 0.29) is 22.4 Å². The molecule has 1 aliphatic carbocycles. The summed E-state index contributed by atoms with van der Waals surface area (Å²) in [4.78, 5) is 0.418. The summed E-state index contributed by atoms with van der Waals surface area (Å²) in [6.45, 7) is 2.06. The SMILES string of the molecule is COC[C@@]1(C(N)=S)[C@H](c2ccc(Cl)cc2)[C@@H]1S(=O)(=O)c1ccc(C)cc1. The molecule has 2 aromatic carbocycles. The molecular formula is C19H20ClNO3S2. The van der Waals surface area contributed by atoms with Gasteiger partial charge in [-0.05, 0) is 36.8 Å². The summed E-state index contributed by atoms with van der Waals surface area (Å²) in [6.07, 6.45) is 0. The van der Waals surface area contributed by atoms with Crippen LogP contribution in [0.4, 0.5) is 0 Å². The Bertz CT molecular complexity index is 926. The molecule has 0 aliphatic heterocycles. The number of sulfone groups is 1. The third-order valence-electron chi connectivity index (χ3n) is 5.01. The third-order valence-corrected chi connectivity index (χ3v) is 7.93. The molecule has 1 aliphatic rings. The van der Waals surface area contributed by atoms with Gasteiger partial charge in [-0.25, -0.2) is 8.42 Å². The predicted octanol–water partition coefficient (Wildman–Crippen LogP) is 3.51. The van der Waals surface area contributed by atoms with Crippen LogP contribution in [0.3, 0.4) is 0 Å². The molecule has 0 amide bonds. The predicted molar refractivity (Wildman–Crippen MR) is 107 cm³/mol. The number of aryl methyl sites for hydroxylation is 1. The molecule has 0 radical (unpaired) electrons. The Morgan fingerprint density at radius 3 is 2.27 bits per heavy atom. The highest BCUT2D eigenvalue weighted by atomic mass is 35.5. The normalized spacial score (nSPS) is 25.0. The van der Waals surface area contributed by atoms with Crippen molar-refractivity contribution < 1.29 is 13.2 Å². The van der Waals surface area contributed by atoms with Gasteiger partial charge in [-0.2, -0.15) is 0 Å². The van der Waals surface area contributed by atoms with Crippen molar-refractivity contribution >= 4 is 38.6 Å². The van der Waals surface area contributed by atoms with Gasteiger partial charge in [0.1, 0.15) is 0 Å². The molecule has 0 bridgehead atoms. The molecule has 0 aromatic heterocycles. The van der Waals surface area contributed by atoms with E-state index < -0.39 is 20.5 Å². The summed E-state index contributed by atoms with van der Waals surface area (Å²) in [7, 11) is -2.12. The first-order chi connectivity index (χ1) is 12.2. The van der Waals surface area contributed by atoms with Crippen LogP contribution < -0.4 is 5.73 Å². The molecule has 2 N–H and O–H groups in total. The van der Waals surface area contributed by atoms with Crippen LogP contribution >= 0.6 is 23.8 Å². The van der Waals surface area contributed by atoms with Crippen molar-refractivity contribution in [2.24, 2.45) is 11.1 Å². The summed E-state index contributed by atoms with van der Waals surface area (Å²) < 4.78 is 32.0. The van der Waals surface area contributed by atoms with E-state index in [0.29, 0.717) is 5.02 Å². The van der Waals surface area contributed by atoms with Gasteiger partial charge >= 0.3 is 0 Å². The van der Waals surface area contributed by atoms with E-state index in [1.54, 1.807) is 36.4 Å². The van der Waals surface area contributed by atoms with Crippen LogP contribution in [0.15, 0.2) is 53.4 Å². The molecule has 138 valence electrons. The second-order valence-electron chi connectivity index (χ2n) is 6.65. The highest BCUT2D eigenvalue weighted by Gasteiger charge is 2.73. The topological polar surface area (TPSA) is 69.4 Å². The average molecular weight is 410 g/mol. The Morgan fingerprint density at radius 2 is 1.77 bits per heavy atom. The molecule has 1 saturated carbocycles. The fourth-order valence-corrected chi connectivity index (χ4v) is 6.55. The van der Waals surface area contributed by atoms with E-state index in [2.05, 4.69) is 0 Å². The van der Waals surface area contributed by atoms with Crippen LogP contribution in [-0.4, -0.2) is 32.4 Å². The minimum Gasteiger partial charge on any atom is -0.393 e. The molecule has 0 heterocycles. The molecule has 0 saturated heterocycles. The minimum atomic E-state index is -3.65. The highest BCUT2D eigenvalue weighted by Crippen LogP contribution is 2.64. The summed E-state index contributed by atoms with van der Waals surface area (Å²) in [5.41, 5.74) is 6.92. The zero-order valence-corrected chi connectivity index (χ0v) is 16.9. The van der Waals surface area contributed by atoms with E-state index in [9.17, 15) is 8.42 Å². The maximum atomic E-state index is 13.4. The van der Waals surface area contributed by atoms with Crippen molar-refractivity contribution in [3.8, 4) is 0 Å². The molecule has 3 rings (SSSR count). The van der Waals surface area contributed by atoms with Crippen molar-refractivity contribution in [1.82, 2.24) is 0 Å². The van der Waals surface area contributed by atoms with E-state index >= 15 is 0 Å². The quantitative estimate of drug-likeness (QED) is 0.739. The van der Waals surface area contributed by atoms with Crippen LogP contribution in [-0.2, 0) is 14.6 Å². The molecule has 2 aromatic rings. The second-order valence-corrected chi connectivity index (χ2v) is 9.59. The number of benzene rings is 2. The summed E-state index contributed by atoms with van der Waals surface area (Å²) in [6, 6.07) is 13.9. The van der Waals surface area contributed by atoms with Crippen molar-refractivity contribution in [3.63, 3.8) is 0 Å². The van der Waals surface area contributed by atoms with Gasteiger partial charge in [0.2, 0.25) is 0 Å². The molecule has 26 heavy (non-hydrogen) atoms. The second kappa shape index (κ2) is 6.93. The van der Waals surface area contributed by atoms with E-state index in [4.69, 9.17) is 34.3 Å². The Kier molecular flexibility index (Phi) is 5.14. The summed E-state index contributed by atoms with van der Waals surface area (Å²) in [5.74, 6) is -0.372. The van der Waals surface area contributed by atoms with Crippen LogP contribution in [0.5, 0.6) is 0 Å². The van der Waals surface area contributed by atoms with Gasteiger partial charge in [0.25, 0.3) is 0 Å². The Labute approximate surface area is 164 Å². The molecular weight excluding hydrogens is 390 g/mol. The fraction of sp³-hybridized carbons (Fsp3) is 0.316. The van der Waals surface area contributed by atoms with Crippen molar-refractivity contribution in [2.45, 2.75) is 23.0 Å². The van der Waals surface area contributed by atoms with Crippen molar-refractivity contribution in [3.05, 3.63) is 64.7 Å². The third kappa shape index (κ3) is 3.05. The van der Waals surface area contributed by atoms with E-state index in [0.717, 1.165) is 11.1 Å². The molecule has 7 heteroatoms. The molecule has 0 unspecified atom stereocenters. The highest BCUT2D eigenvalue weighted by molar-refractivity contribution is 7.92. The number of methoxy groups -OCH3 is 1. The van der Waals surface area contributed by atoms with Gasteiger partial charge in [-0.15, -0.1) is 0 Å². The van der Waals surface area contributed by atoms with E-state index in [1.807, 2.05) is 19.1 Å². The number of hydrogen-bond donors (Lipinski definition) is 1. The smallest absolute Gasteiger partial charge is 0.182 e. The molecule has 3 atom stereocenters. The monoisotopic (exact) mass is 409 g/mol. The number of rotatable bonds is 6. The zero-order valence-electron chi connectivity index (χ0n) is 14.5. The fourth-order valence-electron chi connectivity index (χ4n) is 3.65. The number of thiocarbonyl (C=S) groups is 1. The summed E-state index contributed by atoms with van der Waals surface area (Å²) >= 11 is 11.3. The van der Waals surface area contributed by atoms with Gasteiger partial charge in [0.15, 0.2) is 9.84 Å². The maximum absolute atomic E-state index is 13.4. The molecule has 1 fully saturated rings. The number of ether oxygens (including phenoxy) is 1. The molecule has 4 nitrogen and oxygen atoms in total. The lowest BCUT2D eigenvalue weighted by atomic mass is 10.00. The van der Waals surface area contributed by atoms with Gasteiger partial charge < -0.3 is 10.5 Å².